The van der Waals surface area contributed by atoms with Crippen LogP contribution in [-0.4, -0.2) is 0 Å². The van der Waals surface area contributed by atoms with Crippen molar-refractivity contribution in [3.8, 4) is 11.1 Å². The number of hydrogen-bond acceptors (Lipinski definition) is 0. The summed E-state index contributed by atoms with van der Waals surface area (Å²) in [5.41, 5.74) is 7.18. The van der Waals surface area contributed by atoms with Crippen LogP contribution in [0.1, 0.15) is 22.3 Å². The maximum Gasteiger partial charge on any atom is 0.0714 e. The fourth-order valence-corrected chi connectivity index (χ4v) is 4.86. The van der Waals surface area contributed by atoms with Crippen LogP contribution < -0.4 is 0 Å². The summed E-state index contributed by atoms with van der Waals surface area (Å²) in [6, 6.07) is 34.4. The molecular weight excluding hydrogens is 416 g/mol. The Morgan fingerprint density at radius 2 is 1.22 bits per heavy atom. The Hall–Kier alpha value is -2.35. The van der Waals surface area contributed by atoms with Gasteiger partial charge < -0.3 is 0 Å². The van der Waals surface area contributed by atoms with Gasteiger partial charge in [-0.15, -0.1) is 0 Å². The second-order valence-electron chi connectivity index (χ2n) is 6.86. The van der Waals surface area contributed by atoms with Crippen molar-refractivity contribution in [2.75, 3.05) is 0 Å². The van der Waals surface area contributed by atoms with E-state index in [0.29, 0.717) is 0 Å². The molecule has 0 aliphatic heterocycles. The maximum atomic E-state index is 6.49. The standard InChI is InChI=1S/C25H16BrCl/c26-19-12-10-18(11-13-19)25(17-6-2-1-3-7-17)23-9-5-4-8-21(23)22-15-14-20(27)16-24(22)25/h1-16H. The highest BCUT2D eigenvalue weighted by Gasteiger charge is 2.45. The van der Waals surface area contributed by atoms with Crippen molar-refractivity contribution < 1.29 is 0 Å². The second-order valence-corrected chi connectivity index (χ2v) is 8.21. The summed E-state index contributed by atoms with van der Waals surface area (Å²) >= 11 is 10.1. The number of rotatable bonds is 2. The van der Waals surface area contributed by atoms with Crippen molar-refractivity contribution in [2.45, 2.75) is 5.41 Å². The smallest absolute Gasteiger partial charge is 0.0714 e. The van der Waals surface area contributed by atoms with Gasteiger partial charge in [-0.3, -0.25) is 0 Å². The van der Waals surface area contributed by atoms with Crippen LogP contribution in [0, 0.1) is 0 Å². The molecule has 4 aromatic carbocycles. The third-order valence-corrected chi connectivity index (χ3v) is 6.25. The zero-order valence-corrected chi connectivity index (χ0v) is 16.8. The normalized spacial score (nSPS) is 17.4. The fourth-order valence-electron chi connectivity index (χ4n) is 4.43. The maximum absolute atomic E-state index is 6.49. The van der Waals surface area contributed by atoms with Crippen LogP contribution in [0.3, 0.4) is 0 Å². The summed E-state index contributed by atoms with van der Waals surface area (Å²) in [5.74, 6) is 0. The van der Waals surface area contributed by atoms with Gasteiger partial charge in [0, 0.05) is 9.50 Å². The first-order chi connectivity index (χ1) is 13.2. The Kier molecular flexibility index (Phi) is 3.96. The Morgan fingerprint density at radius 1 is 0.593 bits per heavy atom. The van der Waals surface area contributed by atoms with Crippen molar-refractivity contribution in [2.24, 2.45) is 0 Å². The van der Waals surface area contributed by atoms with Gasteiger partial charge in [0.05, 0.1) is 5.41 Å². The highest BCUT2D eigenvalue weighted by molar-refractivity contribution is 9.10. The number of benzene rings is 4. The van der Waals surface area contributed by atoms with Gasteiger partial charge in [-0.25, -0.2) is 0 Å². The molecule has 0 radical (unpaired) electrons. The zero-order valence-electron chi connectivity index (χ0n) is 14.5. The van der Waals surface area contributed by atoms with Gasteiger partial charge in [0.25, 0.3) is 0 Å². The van der Waals surface area contributed by atoms with E-state index in [9.17, 15) is 0 Å². The average molecular weight is 432 g/mol. The van der Waals surface area contributed by atoms with Gasteiger partial charge in [-0.2, -0.15) is 0 Å². The van der Waals surface area contributed by atoms with E-state index in [1.165, 1.54) is 33.4 Å². The summed E-state index contributed by atoms with van der Waals surface area (Å²) in [6.45, 7) is 0. The van der Waals surface area contributed by atoms with E-state index in [0.717, 1.165) is 9.50 Å². The molecule has 1 unspecified atom stereocenters. The van der Waals surface area contributed by atoms with E-state index >= 15 is 0 Å². The minimum Gasteiger partial charge on any atom is -0.0843 e. The summed E-state index contributed by atoms with van der Waals surface area (Å²) in [4.78, 5) is 0. The highest BCUT2D eigenvalue weighted by Crippen LogP contribution is 2.56. The van der Waals surface area contributed by atoms with Crippen molar-refractivity contribution in [1.82, 2.24) is 0 Å². The van der Waals surface area contributed by atoms with E-state index < -0.39 is 0 Å². The predicted molar refractivity (Wildman–Crippen MR) is 116 cm³/mol. The summed E-state index contributed by atoms with van der Waals surface area (Å²) < 4.78 is 1.08. The minimum atomic E-state index is -0.376. The number of hydrogen-bond donors (Lipinski definition) is 0. The molecule has 0 nitrogen and oxygen atoms in total. The van der Waals surface area contributed by atoms with Crippen LogP contribution >= 0.6 is 27.5 Å². The molecule has 5 rings (SSSR count). The molecule has 1 atom stereocenters. The summed E-state index contributed by atoms with van der Waals surface area (Å²) in [6.07, 6.45) is 0. The molecule has 0 spiro atoms. The van der Waals surface area contributed by atoms with Gasteiger partial charge >= 0.3 is 0 Å². The topological polar surface area (TPSA) is 0 Å². The molecule has 0 bridgehead atoms. The Labute approximate surface area is 172 Å². The van der Waals surface area contributed by atoms with E-state index in [-0.39, 0.29) is 5.41 Å². The molecular formula is C25H16BrCl. The summed E-state index contributed by atoms with van der Waals surface area (Å²) in [7, 11) is 0. The van der Waals surface area contributed by atoms with Gasteiger partial charge in [0.15, 0.2) is 0 Å². The molecule has 27 heavy (non-hydrogen) atoms. The van der Waals surface area contributed by atoms with Crippen LogP contribution in [0.25, 0.3) is 11.1 Å². The van der Waals surface area contributed by atoms with Crippen LogP contribution in [0.5, 0.6) is 0 Å². The third-order valence-electron chi connectivity index (χ3n) is 5.49. The number of halogens is 2. The first-order valence-electron chi connectivity index (χ1n) is 8.93. The zero-order chi connectivity index (χ0) is 18.4. The van der Waals surface area contributed by atoms with Crippen molar-refractivity contribution in [3.63, 3.8) is 0 Å². The van der Waals surface area contributed by atoms with Gasteiger partial charge in [0.1, 0.15) is 0 Å². The van der Waals surface area contributed by atoms with Gasteiger partial charge in [-0.05, 0) is 57.6 Å². The van der Waals surface area contributed by atoms with Gasteiger partial charge in [0.2, 0.25) is 0 Å². The van der Waals surface area contributed by atoms with Crippen LogP contribution in [-0.2, 0) is 5.41 Å². The number of fused-ring (bicyclic) bond motifs is 3. The fraction of sp³-hybridized carbons (Fsp3) is 0.0400. The minimum absolute atomic E-state index is 0.376. The molecule has 0 amide bonds. The highest BCUT2D eigenvalue weighted by atomic mass is 79.9. The molecule has 1 aliphatic carbocycles. The average Bonchev–Trinajstić information content (AvgIpc) is 3.00. The molecule has 0 heterocycles. The first kappa shape index (κ1) is 16.8. The molecule has 0 fully saturated rings. The molecule has 0 N–H and O–H groups in total. The van der Waals surface area contributed by atoms with E-state index in [4.69, 9.17) is 11.6 Å². The molecule has 0 aromatic heterocycles. The lowest BCUT2D eigenvalue weighted by molar-refractivity contribution is 0.768. The van der Waals surface area contributed by atoms with Crippen molar-refractivity contribution >= 4 is 27.5 Å². The Balaban J connectivity index is 1.97. The lowest BCUT2D eigenvalue weighted by Gasteiger charge is -2.34. The van der Waals surface area contributed by atoms with E-state index in [1.807, 2.05) is 6.07 Å². The van der Waals surface area contributed by atoms with E-state index in [2.05, 4.69) is 107 Å². The molecule has 2 heteroatoms. The Bertz CT molecular complexity index is 1130. The Morgan fingerprint density at radius 3 is 2.00 bits per heavy atom. The van der Waals surface area contributed by atoms with Crippen LogP contribution in [0.2, 0.25) is 5.02 Å². The summed E-state index contributed by atoms with van der Waals surface area (Å²) in [5, 5.41) is 0.763. The van der Waals surface area contributed by atoms with Crippen molar-refractivity contribution in [1.29, 1.82) is 0 Å². The van der Waals surface area contributed by atoms with Crippen LogP contribution in [0.15, 0.2) is 102 Å². The van der Waals surface area contributed by atoms with Crippen molar-refractivity contribution in [3.05, 3.63) is 129 Å². The third kappa shape index (κ3) is 2.42. The lowest BCUT2D eigenvalue weighted by Crippen LogP contribution is -2.28. The molecule has 4 aromatic rings. The second kappa shape index (κ2) is 6.37. The van der Waals surface area contributed by atoms with Crippen LogP contribution in [0.4, 0.5) is 0 Å². The predicted octanol–water partition coefficient (Wildman–Crippen LogP) is 7.47. The molecule has 0 saturated heterocycles. The molecule has 130 valence electrons. The molecule has 0 saturated carbocycles. The largest absolute Gasteiger partial charge is 0.0843 e. The SMILES string of the molecule is Clc1ccc2c(c1)C(c1ccccc1)(c1ccc(Br)cc1)c1ccccc1-2. The quantitative estimate of drug-likeness (QED) is 0.272. The monoisotopic (exact) mass is 430 g/mol. The van der Waals surface area contributed by atoms with E-state index in [1.54, 1.807) is 0 Å². The first-order valence-corrected chi connectivity index (χ1v) is 10.1. The van der Waals surface area contributed by atoms with Gasteiger partial charge in [-0.1, -0.05) is 100 Å². The lowest BCUT2D eigenvalue weighted by atomic mass is 9.68. The molecule has 1 aliphatic rings.